The van der Waals surface area contributed by atoms with Gasteiger partial charge in [-0.2, -0.15) is 0 Å². The van der Waals surface area contributed by atoms with Crippen LogP contribution in [0.25, 0.3) is 0 Å². The van der Waals surface area contributed by atoms with Gasteiger partial charge in [-0.3, -0.25) is 4.79 Å². The smallest absolute Gasteiger partial charge is 0.350 e. The zero-order valence-corrected chi connectivity index (χ0v) is 20.0. The van der Waals surface area contributed by atoms with Gasteiger partial charge in [0.15, 0.2) is 0 Å². The lowest BCUT2D eigenvalue weighted by molar-refractivity contribution is -0.236. The minimum absolute atomic E-state index is 0.0374. The van der Waals surface area contributed by atoms with Gasteiger partial charge in [-0.25, -0.2) is 4.79 Å². The number of carbonyl (C=O) groups is 2. The summed E-state index contributed by atoms with van der Waals surface area (Å²) in [4.78, 5) is 23.9. The lowest BCUT2D eigenvalue weighted by atomic mass is 9.42. The van der Waals surface area contributed by atoms with Gasteiger partial charge in [0.05, 0.1) is 11.7 Å². The highest BCUT2D eigenvalue weighted by Crippen LogP contribution is 2.70. The largest absolute Gasteiger partial charge is 0.462 e. The van der Waals surface area contributed by atoms with Crippen molar-refractivity contribution in [2.45, 2.75) is 89.9 Å². The van der Waals surface area contributed by atoms with Crippen molar-refractivity contribution in [2.24, 2.45) is 34.5 Å². The van der Waals surface area contributed by atoms with Gasteiger partial charge in [-0.15, -0.1) is 0 Å². The molecule has 0 aromatic rings. The van der Waals surface area contributed by atoms with E-state index in [4.69, 9.17) is 21.1 Å². The van der Waals surface area contributed by atoms with Crippen LogP contribution in [-0.2, 0) is 19.1 Å². The first kappa shape index (κ1) is 22.7. The Labute approximate surface area is 194 Å². The van der Waals surface area contributed by atoms with Crippen molar-refractivity contribution in [2.75, 3.05) is 6.61 Å². The molecule has 0 aromatic heterocycles. The number of hydrogen-bond donors (Lipinski definition) is 2. The van der Waals surface area contributed by atoms with E-state index in [0.717, 1.165) is 44.1 Å². The van der Waals surface area contributed by atoms with Crippen LogP contribution >= 0.6 is 11.6 Å². The summed E-state index contributed by atoms with van der Waals surface area (Å²) in [6.07, 6.45) is 5.49. The highest BCUT2D eigenvalue weighted by atomic mass is 35.5. The van der Waals surface area contributed by atoms with Crippen LogP contribution in [0.3, 0.4) is 0 Å². The molecule has 0 radical (unpaired) electrons. The van der Waals surface area contributed by atoms with E-state index in [2.05, 4.69) is 13.8 Å². The number of hydrogen-bond acceptors (Lipinski definition) is 6. The molecule has 0 bridgehead atoms. The molecule has 0 aromatic carbocycles. The van der Waals surface area contributed by atoms with Gasteiger partial charge in [-0.05, 0) is 74.2 Å². The molecule has 0 amide bonds. The Kier molecular flexibility index (Phi) is 5.27. The average molecular weight is 467 g/mol. The van der Waals surface area contributed by atoms with Crippen LogP contribution in [-0.4, -0.2) is 46.6 Å². The monoisotopic (exact) mass is 466 g/mol. The summed E-state index contributed by atoms with van der Waals surface area (Å²) in [6, 6.07) is 0. The molecule has 6 nitrogen and oxygen atoms in total. The van der Waals surface area contributed by atoms with Crippen molar-refractivity contribution >= 4 is 23.5 Å². The van der Waals surface area contributed by atoms with Gasteiger partial charge in [0.25, 0.3) is 0 Å². The van der Waals surface area contributed by atoms with Crippen LogP contribution in [0, 0.1) is 34.5 Å². The van der Waals surface area contributed by atoms with Crippen LogP contribution in [0.4, 0.5) is 0 Å². The van der Waals surface area contributed by atoms with Crippen molar-refractivity contribution in [1.29, 1.82) is 0 Å². The first-order valence-corrected chi connectivity index (χ1v) is 12.5. The third-order valence-electron chi connectivity index (χ3n) is 10.4. The summed E-state index contributed by atoms with van der Waals surface area (Å²) in [5, 5.41) is 23.0. The number of esters is 2. The minimum atomic E-state index is -0.860. The third-order valence-corrected chi connectivity index (χ3v) is 10.8. The second kappa shape index (κ2) is 7.44. The third kappa shape index (κ3) is 2.91. The number of fused-ring (bicyclic) bond motifs is 5. The first-order valence-electron chi connectivity index (χ1n) is 12.2. The number of ether oxygens (including phenoxy) is 2. The van der Waals surface area contributed by atoms with E-state index in [1.165, 1.54) is 6.92 Å². The van der Waals surface area contributed by atoms with E-state index < -0.39 is 17.7 Å². The molecule has 0 saturated heterocycles. The van der Waals surface area contributed by atoms with Gasteiger partial charge in [0, 0.05) is 24.2 Å². The Balaban J connectivity index is 1.50. The molecular weight excluding hydrogens is 432 g/mol. The predicted molar refractivity (Wildman–Crippen MR) is 117 cm³/mol. The SMILES string of the molecule is CC(=O)OC1C[C@@H](O)C[C@H]2CC[C@@H]3[C@H](CC[C@]4(C)[C@H](C5=C(Cl)C(=O)OC5)CC[C@]34O)[C@@]12C. The summed E-state index contributed by atoms with van der Waals surface area (Å²) in [7, 11) is 0. The maximum Gasteiger partial charge on any atom is 0.350 e. The Morgan fingerprint density at radius 2 is 1.88 bits per heavy atom. The highest BCUT2D eigenvalue weighted by Gasteiger charge is 2.69. The molecule has 4 saturated carbocycles. The lowest BCUT2D eigenvalue weighted by Gasteiger charge is -2.64. The number of halogens is 1. The van der Waals surface area contributed by atoms with Crippen molar-refractivity contribution in [3.63, 3.8) is 0 Å². The number of cyclic esters (lactones) is 1. The van der Waals surface area contributed by atoms with Crippen molar-refractivity contribution in [3.8, 4) is 0 Å². The van der Waals surface area contributed by atoms with Gasteiger partial charge in [0.2, 0.25) is 0 Å². The Morgan fingerprint density at radius 3 is 2.53 bits per heavy atom. The second-order valence-electron chi connectivity index (χ2n) is 11.5. The van der Waals surface area contributed by atoms with Crippen LogP contribution in [0.1, 0.15) is 72.1 Å². The number of carbonyl (C=O) groups excluding carboxylic acids is 2. The normalized spacial score (nSPS) is 50.4. The summed E-state index contributed by atoms with van der Waals surface area (Å²) < 4.78 is 11.0. The molecule has 1 heterocycles. The van der Waals surface area contributed by atoms with Crippen LogP contribution in [0.15, 0.2) is 10.6 Å². The molecule has 7 heteroatoms. The van der Waals surface area contributed by atoms with E-state index in [-0.39, 0.29) is 58.2 Å². The first-order chi connectivity index (χ1) is 15.0. The molecule has 0 spiro atoms. The van der Waals surface area contributed by atoms with Gasteiger partial charge < -0.3 is 19.7 Å². The summed E-state index contributed by atoms with van der Waals surface area (Å²) in [6.45, 7) is 6.07. The van der Waals surface area contributed by atoms with Crippen molar-refractivity contribution in [3.05, 3.63) is 10.6 Å². The Morgan fingerprint density at radius 1 is 1.12 bits per heavy atom. The quantitative estimate of drug-likeness (QED) is 0.602. The van der Waals surface area contributed by atoms with E-state index in [0.29, 0.717) is 12.8 Å². The molecular formula is C25H35ClO6. The molecule has 9 atom stereocenters. The van der Waals surface area contributed by atoms with Crippen molar-refractivity contribution in [1.82, 2.24) is 0 Å². The summed E-state index contributed by atoms with van der Waals surface area (Å²) in [5.41, 5.74) is -0.633. The number of aliphatic hydroxyl groups is 2. The van der Waals surface area contributed by atoms with Gasteiger partial charge >= 0.3 is 11.9 Å². The standard InChI is InChI=1S/C25H35ClO6/c1-13(27)32-20-11-15(28)10-14-4-5-19-18(24(14,20)3)6-8-23(2)17(7-9-25(19,23)30)16-12-31-22(29)21(16)26/h14-15,17-20,28,30H,4-12H2,1-3H3/t14-,15+,17+,18+,19-,20?,23-,24+,25+/m1/s1. The van der Waals surface area contributed by atoms with E-state index >= 15 is 0 Å². The predicted octanol–water partition coefficient (Wildman–Crippen LogP) is 3.71. The molecule has 4 fully saturated rings. The molecule has 1 unspecified atom stereocenters. The summed E-state index contributed by atoms with van der Waals surface area (Å²) >= 11 is 6.33. The van der Waals surface area contributed by atoms with E-state index in [1.807, 2.05) is 0 Å². The molecule has 5 aliphatic rings. The number of rotatable bonds is 2. The van der Waals surface area contributed by atoms with Crippen LogP contribution in [0.2, 0.25) is 0 Å². The molecule has 2 N–H and O–H groups in total. The molecule has 5 rings (SSSR count). The maximum absolute atomic E-state index is 12.3. The number of aliphatic hydroxyl groups excluding tert-OH is 1. The fourth-order valence-corrected chi connectivity index (χ4v) is 9.07. The fourth-order valence-electron chi connectivity index (χ4n) is 8.83. The molecule has 1 aliphatic heterocycles. The zero-order valence-electron chi connectivity index (χ0n) is 19.2. The van der Waals surface area contributed by atoms with E-state index in [9.17, 15) is 19.8 Å². The van der Waals surface area contributed by atoms with Crippen LogP contribution < -0.4 is 0 Å². The van der Waals surface area contributed by atoms with Crippen LogP contribution in [0.5, 0.6) is 0 Å². The van der Waals surface area contributed by atoms with E-state index in [1.54, 1.807) is 0 Å². The fraction of sp³-hybridized carbons (Fsp3) is 0.840. The van der Waals surface area contributed by atoms with Gasteiger partial charge in [-0.1, -0.05) is 25.4 Å². The molecule has 4 aliphatic carbocycles. The Bertz CT molecular complexity index is 870. The molecule has 32 heavy (non-hydrogen) atoms. The topological polar surface area (TPSA) is 93.1 Å². The zero-order chi connectivity index (χ0) is 23.1. The summed E-state index contributed by atoms with van der Waals surface area (Å²) in [5.74, 6) is -0.124. The molecule has 178 valence electrons. The Hall–Kier alpha value is -1.11. The highest BCUT2D eigenvalue weighted by molar-refractivity contribution is 6.42. The average Bonchev–Trinajstić information content (AvgIpc) is 3.18. The lowest BCUT2D eigenvalue weighted by Crippen LogP contribution is -2.65. The van der Waals surface area contributed by atoms with Crippen molar-refractivity contribution < 1.29 is 29.3 Å². The second-order valence-corrected chi connectivity index (χ2v) is 11.8. The van der Waals surface area contributed by atoms with Gasteiger partial charge in [0.1, 0.15) is 17.7 Å². The maximum atomic E-state index is 12.3. The minimum Gasteiger partial charge on any atom is -0.462 e.